The average molecular weight is 452 g/mol. The van der Waals surface area contributed by atoms with E-state index in [9.17, 15) is 18.0 Å². The second-order valence-corrected chi connectivity index (χ2v) is 8.17. The van der Waals surface area contributed by atoms with E-state index in [0.717, 1.165) is 10.6 Å². The molecule has 2 N–H and O–H groups in total. The van der Waals surface area contributed by atoms with Crippen molar-refractivity contribution in [3.8, 4) is 0 Å². The first-order chi connectivity index (χ1) is 12.2. The van der Waals surface area contributed by atoms with Crippen molar-refractivity contribution in [1.29, 1.82) is 0 Å². The van der Waals surface area contributed by atoms with Gasteiger partial charge in [0.15, 0.2) is 0 Å². The second kappa shape index (κ2) is 7.89. The highest BCUT2D eigenvalue weighted by Crippen LogP contribution is 2.39. The summed E-state index contributed by atoms with van der Waals surface area (Å²) in [5.41, 5.74) is -1.06. The van der Waals surface area contributed by atoms with E-state index in [-0.39, 0.29) is 45.7 Å². The van der Waals surface area contributed by atoms with E-state index in [1.165, 1.54) is 12.3 Å². The number of nitrogens with zero attached hydrogens (tertiary/aromatic N) is 2. The molecule has 144 valence electrons. The van der Waals surface area contributed by atoms with Crippen molar-refractivity contribution in [3.63, 3.8) is 0 Å². The summed E-state index contributed by atoms with van der Waals surface area (Å²) in [6, 6.07) is 4.69. The van der Waals surface area contributed by atoms with Crippen LogP contribution in [0.4, 0.5) is 5.69 Å². The Morgan fingerprint density at radius 1 is 1.19 bits per heavy atom. The Balaban J connectivity index is 0.00000261. The van der Waals surface area contributed by atoms with Crippen molar-refractivity contribution in [2.45, 2.75) is 6.54 Å². The predicted molar refractivity (Wildman–Crippen MR) is 108 cm³/mol. The molecule has 3 aromatic rings. The minimum absolute atomic E-state index is 0. The highest BCUT2D eigenvalue weighted by Gasteiger charge is 2.25. The summed E-state index contributed by atoms with van der Waals surface area (Å²) >= 11 is 12.4. The van der Waals surface area contributed by atoms with Gasteiger partial charge in [-0.15, -0.1) is 12.4 Å². The van der Waals surface area contributed by atoms with Crippen molar-refractivity contribution in [2.75, 3.05) is 10.6 Å². The fraction of sp³-hybridized carbons (Fsp3) is 0.133. The molecule has 0 atom stereocenters. The molecule has 2 heterocycles. The zero-order chi connectivity index (χ0) is 19.1. The molecule has 2 aromatic heterocycles. The van der Waals surface area contributed by atoms with Gasteiger partial charge in [0.25, 0.3) is 0 Å². The smallest absolute Gasteiger partial charge is 0.314 e. The van der Waals surface area contributed by atoms with Gasteiger partial charge in [-0.2, -0.15) is 0 Å². The Morgan fingerprint density at radius 3 is 2.44 bits per heavy atom. The predicted octanol–water partition coefficient (Wildman–Crippen LogP) is 2.31. The first-order valence-corrected chi connectivity index (χ1v) is 9.80. The van der Waals surface area contributed by atoms with Gasteiger partial charge in [0, 0.05) is 12.4 Å². The maximum absolute atomic E-state index is 12.4. The van der Waals surface area contributed by atoms with Crippen LogP contribution < -0.4 is 15.4 Å². The number of pyridine rings is 1. The maximum Gasteiger partial charge on any atom is 0.314 e. The number of halogens is 3. The van der Waals surface area contributed by atoms with Crippen molar-refractivity contribution < 1.29 is 8.42 Å². The summed E-state index contributed by atoms with van der Waals surface area (Å²) in [6.07, 6.45) is 4.05. The Bertz CT molecular complexity index is 1210. The molecule has 0 fully saturated rings. The largest absolute Gasteiger partial charge is 0.316 e. The van der Waals surface area contributed by atoms with Gasteiger partial charge in [-0.3, -0.25) is 18.9 Å². The zero-order valence-corrected chi connectivity index (χ0v) is 16.8. The number of H-pyrrole nitrogens is 2. The number of aromatic nitrogens is 3. The summed E-state index contributed by atoms with van der Waals surface area (Å²) in [7, 11) is -3.82. The molecule has 0 bridgehead atoms. The molecule has 0 radical (unpaired) electrons. The van der Waals surface area contributed by atoms with Gasteiger partial charge in [-0.25, -0.2) is 8.42 Å². The molecular weight excluding hydrogens is 439 g/mol. The molecule has 0 spiro atoms. The number of benzene rings is 1. The third kappa shape index (κ3) is 4.27. The molecule has 12 heteroatoms. The lowest BCUT2D eigenvalue weighted by Gasteiger charge is -2.25. The van der Waals surface area contributed by atoms with Gasteiger partial charge in [0.05, 0.1) is 39.6 Å². The summed E-state index contributed by atoms with van der Waals surface area (Å²) in [4.78, 5) is 32.0. The van der Waals surface area contributed by atoms with E-state index in [2.05, 4.69) is 15.0 Å². The average Bonchev–Trinajstić information content (AvgIpc) is 2.57. The quantitative estimate of drug-likeness (QED) is 0.591. The molecule has 0 aliphatic carbocycles. The fourth-order valence-corrected chi connectivity index (χ4v) is 3.84. The lowest BCUT2D eigenvalue weighted by atomic mass is 10.2. The number of hydrogen-bond donors (Lipinski definition) is 2. The van der Waals surface area contributed by atoms with E-state index in [4.69, 9.17) is 23.2 Å². The monoisotopic (exact) mass is 450 g/mol. The van der Waals surface area contributed by atoms with Crippen LogP contribution in [0.1, 0.15) is 5.56 Å². The molecule has 8 nitrogen and oxygen atoms in total. The van der Waals surface area contributed by atoms with Crippen LogP contribution in [0.25, 0.3) is 11.0 Å². The molecule has 27 heavy (non-hydrogen) atoms. The number of aromatic amines is 2. The van der Waals surface area contributed by atoms with Crippen LogP contribution in [-0.2, 0) is 16.6 Å². The van der Waals surface area contributed by atoms with E-state index in [0.29, 0.717) is 5.56 Å². The molecule has 0 aliphatic heterocycles. The van der Waals surface area contributed by atoms with Crippen LogP contribution in [0.3, 0.4) is 0 Å². The van der Waals surface area contributed by atoms with Crippen LogP contribution in [0, 0.1) is 0 Å². The van der Waals surface area contributed by atoms with Crippen molar-refractivity contribution in [1.82, 2.24) is 15.0 Å². The van der Waals surface area contributed by atoms with Crippen molar-refractivity contribution in [2.24, 2.45) is 0 Å². The van der Waals surface area contributed by atoms with Crippen molar-refractivity contribution in [3.05, 3.63) is 66.9 Å². The lowest BCUT2D eigenvalue weighted by molar-refractivity contribution is 0.596. The molecule has 3 rings (SSSR count). The summed E-state index contributed by atoms with van der Waals surface area (Å²) in [6.45, 7) is -0.0943. The third-order valence-electron chi connectivity index (χ3n) is 3.59. The number of sulfonamides is 1. The van der Waals surface area contributed by atoms with Crippen LogP contribution in [0.2, 0.25) is 10.0 Å². The second-order valence-electron chi connectivity index (χ2n) is 5.48. The Kier molecular flexibility index (Phi) is 6.21. The molecule has 0 unspecified atom stereocenters. The third-order valence-corrected chi connectivity index (χ3v) is 5.48. The van der Waals surface area contributed by atoms with Crippen LogP contribution in [0.5, 0.6) is 0 Å². The van der Waals surface area contributed by atoms with E-state index in [1.807, 2.05) is 0 Å². The van der Waals surface area contributed by atoms with E-state index in [1.54, 1.807) is 18.3 Å². The minimum atomic E-state index is -3.82. The highest BCUT2D eigenvalue weighted by atomic mass is 35.5. The van der Waals surface area contributed by atoms with E-state index < -0.39 is 21.1 Å². The normalized spacial score (nSPS) is 11.2. The van der Waals surface area contributed by atoms with Crippen LogP contribution in [-0.4, -0.2) is 29.6 Å². The number of hydrogen-bond acceptors (Lipinski definition) is 5. The number of fused-ring (bicyclic) bond motifs is 1. The molecule has 0 aliphatic rings. The molecular formula is C15H13Cl3N4O4S. The van der Waals surface area contributed by atoms with Gasteiger partial charge < -0.3 is 9.97 Å². The summed E-state index contributed by atoms with van der Waals surface area (Å²) < 4.78 is 25.9. The highest BCUT2D eigenvalue weighted by molar-refractivity contribution is 7.92. The van der Waals surface area contributed by atoms with Crippen LogP contribution in [0.15, 0.2) is 40.2 Å². The standard InChI is InChI=1S/C15H12Cl2N4O4S.ClH/c1-26(24,25)21(7-8-3-2-4-18-6-8)13-11(17)9(16)5-10-12(13)20-15(23)14(22)19-10;/h2-6H,7H2,1H3,(H,19,22)(H,20,23);1H. The van der Waals surface area contributed by atoms with Crippen LogP contribution >= 0.6 is 35.6 Å². The minimum Gasteiger partial charge on any atom is -0.316 e. The Hall–Kier alpha value is -2.07. The zero-order valence-electron chi connectivity index (χ0n) is 13.7. The maximum atomic E-state index is 12.4. The first kappa shape index (κ1) is 21.2. The fourth-order valence-electron chi connectivity index (χ4n) is 2.44. The first-order valence-electron chi connectivity index (χ1n) is 7.19. The number of anilines is 1. The molecule has 1 aromatic carbocycles. The topological polar surface area (TPSA) is 116 Å². The van der Waals surface area contributed by atoms with Gasteiger partial charge in [-0.05, 0) is 17.7 Å². The molecule has 0 saturated carbocycles. The summed E-state index contributed by atoms with van der Waals surface area (Å²) in [5.74, 6) is 0. The van der Waals surface area contributed by atoms with Gasteiger partial charge >= 0.3 is 11.1 Å². The summed E-state index contributed by atoms with van der Waals surface area (Å²) in [5, 5.41) is -0.0483. The number of rotatable bonds is 4. The van der Waals surface area contributed by atoms with Gasteiger partial charge in [0.1, 0.15) is 0 Å². The molecule has 0 amide bonds. The Labute approximate surface area is 169 Å². The molecule has 0 saturated heterocycles. The number of nitrogens with one attached hydrogen (secondary N) is 2. The van der Waals surface area contributed by atoms with Gasteiger partial charge in [0.2, 0.25) is 10.0 Å². The SMILES string of the molecule is CS(=O)(=O)N(Cc1cccnc1)c1c(Cl)c(Cl)cc2[nH]c(=O)c(=O)[nH]c12.Cl. The van der Waals surface area contributed by atoms with E-state index >= 15 is 0 Å². The van der Waals surface area contributed by atoms with Gasteiger partial charge in [-0.1, -0.05) is 29.3 Å². The van der Waals surface area contributed by atoms with Crippen molar-refractivity contribution >= 4 is 62.4 Å². The lowest BCUT2D eigenvalue weighted by Crippen LogP contribution is -2.33. The Morgan fingerprint density at radius 2 is 1.85 bits per heavy atom.